The number of hydrogen-bond donors (Lipinski definition) is 2. The summed E-state index contributed by atoms with van der Waals surface area (Å²) in [6.45, 7) is 4.79. The van der Waals surface area contributed by atoms with E-state index in [4.69, 9.17) is 4.74 Å². The summed E-state index contributed by atoms with van der Waals surface area (Å²) in [5, 5.41) is 2.74. The Morgan fingerprint density at radius 2 is 1.85 bits per heavy atom. The Bertz CT molecular complexity index is 879. The van der Waals surface area contributed by atoms with Gasteiger partial charge >= 0.3 is 0 Å². The highest BCUT2D eigenvalue weighted by molar-refractivity contribution is 7.92. The molecule has 140 valence electrons. The second-order valence-corrected chi connectivity index (χ2v) is 7.67. The first-order valence-corrected chi connectivity index (χ1v) is 9.79. The van der Waals surface area contributed by atoms with Crippen LogP contribution in [-0.4, -0.2) is 34.6 Å². The van der Waals surface area contributed by atoms with E-state index in [1.165, 1.54) is 12.1 Å². The molecule has 0 spiro atoms. The van der Waals surface area contributed by atoms with Crippen LogP contribution in [0.25, 0.3) is 0 Å². The van der Waals surface area contributed by atoms with E-state index in [0.29, 0.717) is 30.8 Å². The largest absolute Gasteiger partial charge is 0.385 e. The van der Waals surface area contributed by atoms with Gasteiger partial charge in [0.1, 0.15) is 0 Å². The SMILES string of the molecule is COCCCNC(=O)c1cccc(S(=O)(=O)Nc2cccc(C)c2C)c1. The number of amides is 1. The summed E-state index contributed by atoms with van der Waals surface area (Å²) in [6, 6.07) is 11.4. The topological polar surface area (TPSA) is 84.5 Å². The number of ether oxygens (including phenoxy) is 1. The molecule has 7 heteroatoms. The van der Waals surface area contributed by atoms with E-state index in [1.807, 2.05) is 19.9 Å². The zero-order valence-corrected chi connectivity index (χ0v) is 16.0. The van der Waals surface area contributed by atoms with Crippen molar-refractivity contribution in [3.8, 4) is 0 Å². The monoisotopic (exact) mass is 376 g/mol. The van der Waals surface area contributed by atoms with Crippen LogP contribution >= 0.6 is 0 Å². The Kier molecular flexibility index (Phi) is 6.76. The van der Waals surface area contributed by atoms with E-state index in [-0.39, 0.29) is 10.8 Å². The third-order valence-corrected chi connectivity index (χ3v) is 5.43. The highest BCUT2D eigenvalue weighted by Crippen LogP contribution is 2.22. The van der Waals surface area contributed by atoms with Crippen molar-refractivity contribution in [2.75, 3.05) is 25.0 Å². The maximum atomic E-state index is 12.7. The predicted octanol–water partition coefficient (Wildman–Crippen LogP) is 2.87. The Balaban J connectivity index is 2.17. The van der Waals surface area contributed by atoms with E-state index < -0.39 is 10.0 Å². The van der Waals surface area contributed by atoms with E-state index in [2.05, 4.69) is 10.0 Å². The quantitative estimate of drug-likeness (QED) is 0.694. The smallest absolute Gasteiger partial charge is 0.261 e. The zero-order valence-electron chi connectivity index (χ0n) is 15.2. The van der Waals surface area contributed by atoms with Crippen LogP contribution in [0.3, 0.4) is 0 Å². The Hall–Kier alpha value is -2.38. The number of carbonyl (C=O) groups is 1. The molecule has 0 atom stereocenters. The minimum absolute atomic E-state index is 0.0444. The molecule has 0 unspecified atom stereocenters. The van der Waals surface area contributed by atoms with Gasteiger partial charge in [-0.3, -0.25) is 9.52 Å². The lowest BCUT2D eigenvalue weighted by Crippen LogP contribution is -2.25. The van der Waals surface area contributed by atoms with Crippen molar-refractivity contribution >= 4 is 21.6 Å². The van der Waals surface area contributed by atoms with Gasteiger partial charge in [-0.15, -0.1) is 0 Å². The lowest BCUT2D eigenvalue weighted by molar-refractivity contribution is 0.0948. The van der Waals surface area contributed by atoms with Gasteiger partial charge in [0.25, 0.3) is 15.9 Å². The van der Waals surface area contributed by atoms with E-state index in [1.54, 1.807) is 31.4 Å². The molecule has 2 aromatic rings. The molecule has 0 saturated heterocycles. The average molecular weight is 376 g/mol. The van der Waals surface area contributed by atoms with Gasteiger partial charge in [-0.25, -0.2) is 8.42 Å². The summed E-state index contributed by atoms with van der Waals surface area (Å²) in [4.78, 5) is 12.2. The second kappa shape index (κ2) is 8.82. The van der Waals surface area contributed by atoms with Crippen molar-refractivity contribution in [2.24, 2.45) is 0 Å². The van der Waals surface area contributed by atoms with Crippen LogP contribution in [0.15, 0.2) is 47.4 Å². The summed E-state index contributed by atoms with van der Waals surface area (Å²) >= 11 is 0. The molecule has 0 aliphatic rings. The molecule has 0 heterocycles. The Morgan fingerprint density at radius 1 is 1.12 bits per heavy atom. The lowest BCUT2D eigenvalue weighted by Gasteiger charge is -2.13. The molecule has 0 saturated carbocycles. The van der Waals surface area contributed by atoms with Crippen molar-refractivity contribution in [2.45, 2.75) is 25.2 Å². The van der Waals surface area contributed by atoms with E-state index in [9.17, 15) is 13.2 Å². The molecule has 2 rings (SSSR count). The summed E-state index contributed by atoms with van der Waals surface area (Å²) in [5.74, 6) is -0.315. The molecular formula is C19H24N2O4S. The molecule has 0 aliphatic heterocycles. The normalized spacial score (nSPS) is 11.2. The standard InChI is InChI=1S/C19H24N2O4S/c1-14-7-4-10-18(15(14)2)21-26(23,24)17-9-5-8-16(13-17)19(22)20-11-6-12-25-3/h4-5,7-10,13,21H,6,11-12H2,1-3H3,(H,20,22). The number of sulfonamides is 1. The fourth-order valence-corrected chi connectivity index (χ4v) is 3.56. The summed E-state index contributed by atoms with van der Waals surface area (Å²) < 4.78 is 32.9. The maximum Gasteiger partial charge on any atom is 0.261 e. The highest BCUT2D eigenvalue weighted by Gasteiger charge is 2.17. The second-order valence-electron chi connectivity index (χ2n) is 5.98. The van der Waals surface area contributed by atoms with Gasteiger partial charge in [0.05, 0.1) is 10.6 Å². The third-order valence-electron chi connectivity index (χ3n) is 4.07. The van der Waals surface area contributed by atoms with Gasteiger partial charge in [-0.2, -0.15) is 0 Å². The third kappa shape index (κ3) is 5.06. The Morgan fingerprint density at radius 3 is 2.58 bits per heavy atom. The van der Waals surface area contributed by atoms with Gasteiger partial charge in [0.2, 0.25) is 0 Å². The molecule has 0 aromatic heterocycles. The fourth-order valence-electron chi connectivity index (χ4n) is 2.39. The minimum Gasteiger partial charge on any atom is -0.385 e. The molecule has 2 N–H and O–H groups in total. The van der Waals surface area contributed by atoms with Crippen LogP contribution in [0.1, 0.15) is 27.9 Å². The first-order chi connectivity index (χ1) is 12.3. The summed E-state index contributed by atoms with van der Waals surface area (Å²) in [7, 11) is -2.19. The summed E-state index contributed by atoms with van der Waals surface area (Å²) in [6.07, 6.45) is 0.689. The predicted molar refractivity (Wildman–Crippen MR) is 102 cm³/mol. The molecule has 2 aromatic carbocycles. The first-order valence-electron chi connectivity index (χ1n) is 8.31. The van der Waals surface area contributed by atoms with Crippen molar-refractivity contribution in [3.05, 3.63) is 59.2 Å². The van der Waals surface area contributed by atoms with Gasteiger partial charge in [0.15, 0.2) is 0 Å². The number of rotatable bonds is 8. The first kappa shape index (κ1) is 19.9. The molecule has 0 bridgehead atoms. The number of anilines is 1. The van der Waals surface area contributed by atoms with Gasteiger partial charge in [0, 0.05) is 25.8 Å². The fraction of sp³-hybridized carbons (Fsp3) is 0.316. The number of nitrogens with one attached hydrogen (secondary N) is 2. The van der Waals surface area contributed by atoms with Gasteiger partial charge in [-0.1, -0.05) is 18.2 Å². The van der Waals surface area contributed by atoms with Crippen LogP contribution in [0.2, 0.25) is 0 Å². The van der Waals surface area contributed by atoms with Crippen molar-refractivity contribution < 1.29 is 17.9 Å². The van der Waals surface area contributed by atoms with E-state index >= 15 is 0 Å². The number of methoxy groups -OCH3 is 1. The van der Waals surface area contributed by atoms with Crippen LogP contribution in [0, 0.1) is 13.8 Å². The molecule has 0 radical (unpaired) electrons. The van der Waals surface area contributed by atoms with Crippen molar-refractivity contribution in [3.63, 3.8) is 0 Å². The molecule has 26 heavy (non-hydrogen) atoms. The highest BCUT2D eigenvalue weighted by atomic mass is 32.2. The molecule has 0 aliphatic carbocycles. The molecule has 0 fully saturated rings. The van der Waals surface area contributed by atoms with Crippen LogP contribution < -0.4 is 10.0 Å². The number of carbonyl (C=O) groups excluding carboxylic acids is 1. The van der Waals surface area contributed by atoms with E-state index in [0.717, 1.165) is 11.1 Å². The summed E-state index contributed by atoms with van der Waals surface area (Å²) in [5.41, 5.74) is 2.68. The number of aryl methyl sites for hydroxylation is 1. The van der Waals surface area contributed by atoms with Crippen LogP contribution in [0.5, 0.6) is 0 Å². The number of hydrogen-bond acceptors (Lipinski definition) is 4. The average Bonchev–Trinajstić information content (AvgIpc) is 2.62. The number of benzene rings is 2. The van der Waals surface area contributed by atoms with Crippen molar-refractivity contribution in [1.29, 1.82) is 0 Å². The van der Waals surface area contributed by atoms with Crippen LogP contribution in [0.4, 0.5) is 5.69 Å². The van der Waals surface area contributed by atoms with Gasteiger partial charge in [-0.05, 0) is 55.7 Å². The van der Waals surface area contributed by atoms with Crippen LogP contribution in [-0.2, 0) is 14.8 Å². The lowest BCUT2D eigenvalue weighted by atomic mass is 10.1. The Labute approximate surface area is 154 Å². The van der Waals surface area contributed by atoms with Gasteiger partial charge < -0.3 is 10.1 Å². The molecule has 1 amide bonds. The molecular weight excluding hydrogens is 352 g/mol. The molecule has 6 nitrogen and oxygen atoms in total. The zero-order chi connectivity index (χ0) is 19.2. The minimum atomic E-state index is -3.79. The van der Waals surface area contributed by atoms with Crippen molar-refractivity contribution in [1.82, 2.24) is 5.32 Å². The maximum absolute atomic E-state index is 12.7.